The maximum Gasteiger partial charge on any atom is 0.331 e. The van der Waals surface area contributed by atoms with Gasteiger partial charge in [0.05, 0.1) is 0 Å². The summed E-state index contributed by atoms with van der Waals surface area (Å²) in [6.07, 6.45) is 9.50. The molecule has 0 rings (SSSR count). The van der Waals surface area contributed by atoms with Crippen LogP contribution in [-0.2, 0) is 19.1 Å². The zero-order valence-electron chi connectivity index (χ0n) is 16.8. The molecule has 0 radical (unpaired) electrons. The molecule has 0 heterocycles. The second-order valence-electron chi connectivity index (χ2n) is 7.32. The van der Waals surface area contributed by atoms with Crippen LogP contribution in [0, 0.1) is 5.92 Å². The summed E-state index contributed by atoms with van der Waals surface area (Å²) in [7, 11) is 0. The lowest BCUT2D eigenvalue weighted by atomic mass is 9.95. The fourth-order valence-corrected chi connectivity index (χ4v) is 2.45. The van der Waals surface area contributed by atoms with Crippen molar-refractivity contribution in [3.8, 4) is 0 Å². The van der Waals surface area contributed by atoms with Crippen molar-refractivity contribution in [3.05, 3.63) is 45.6 Å². The van der Waals surface area contributed by atoms with Crippen LogP contribution < -0.4 is 0 Å². The van der Waals surface area contributed by atoms with Gasteiger partial charge in [0.2, 0.25) is 0 Å². The molecule has 0 aromatic rings. The predicted octanol–water partition coefficient (Wildman–Crippen LogP) is 5.68. The molecule has 0 aliphatic rings. The van der Waals surface area contributed by atoms with Gasteiger partial charge >= 0.3 is 11.9 Å². The summed E-state index contributed by atoms with van der Waals surface area (Å²) >= 11 is 2.16. The Morgan fingerprint density at radius 2 is 1.73 bits per heavy atom. The molecule has 0 bridgehead atoms. The highest BCUT2D eigenvalue weighted by Gasteiger charge is 2.19. The maximum atomic E-state index is 11.8. The van der Waals surface area contributed by atoms with Crippen LogP contribution in [0.25, 0.3) is 0 Å². The van der Waals surface area contributed by atoms with Crippen molar-refractivity contribution in [2.75, 3.05) is 0 Å². The number of rotatable bonds is 8. The Morgan fingerprint density at radius 3 is 2.23 bits per heavy atom. The van der Waals surface area contributed by atoms with E-state index in [2.05, 4.69) is 22.6 Å². The number of hydrogen-bond acceptors (Lipinski definition) is 4. The van der Waals surface area contributed by atoms with Crippen molar-refractivity contribution in [2.24, 2.45) is 5.92 Å². The molecule has 0 unspecified atom stereocenters. The lowest BCUT2D eigenvalue weighted by molar-refractivity contribution is -0.149. The minimum absolute atomic E-state index is 0.00844. The Labute approximate surface area is 171 Å². The second-order valence-corrected chi connectivity index (χ2v) is 8.04. The lowest BCUT2D eigenvalue weighted by Crippen LogP contribution is -2.23. The van der Waals surface area contributed by atoms with E-state index in [1.54, 1.807) is 6.08 Å². The van der Waals surface area contributed by atoms with Crippen LogP contribution in [-0.4, -0.2) is 23.6 Å². The molecule has 146 valence electrons. The van der Waals surface area contributed by atoms with Gasteiger partial charge in [-0.25, -0.2) is 4.79 Å². The third kappa shape index (κ3) is 12.9. The van der Waals surface area contributed by atoms with E-state index in [1.807, 2.05) is 63.9 Å². The van der Waals surface area contributed by atoms with Gasteiger partial charge in [-0.2, -0.15) is 0 Å². The lowest BCUT2D eigenvalue weighted by Gasteiger charge is -2.22. The summed E-state index contributed by atoms with van der Waals surface area (Å²) in [6.45, 7) is 12.8. The Balaban J connectivity index is 5.08. The maximum absolute atomic E-state index is 11.8. The summed E-state index contributed by atoms with van der Waals surface area (Å²) in [5.41, 5.74) is 1.53. The molecular weight excluding hydrogens is 443 g/mol. The first-order chi connectivity index (χ1) is 11.9. The van der Waals surface area contributed by atoms with E-state index >= 15 is 0 Å². The molecule has 26 heavy (non-hydrogen) atoms. The topological polar surface area (TPSA) is 52.6 Å². The highest BCUT2D eigenvalue weighted by atomic mass is 127. The van der Waals surface area contributed by atoms with E-state index in [-0.39, 0.29) is 24.0 Å². The summed E-state index contributed by atoms with van der Waals surface area (Å²) in [5, 5.41) is 0. The molecule has 0 fully saturated rings. The van der Waals surface area contributed by atoms with Gasteiger partial charge in [0.1, 0.15) is 11.7 Å². The van der Waals surface area contributed by atoms with Crippen molar-refractivity contribution in [1.82, 2.24) is 0 Å². The average molecular weight is 474 g/mol. The molecule has 0 aliphatic heterocycles. The van der Waals surface area contributed by atoms with E-state index < -0.39 is 5.60 Å². The summed E-state index contributed by atoms with van der Waals surface area (Å²) in [6, 6.07) is 0. The Kier molecular flexibility index (Phi) is 11.5. The molecule has 5 heteroatoms. The number of carbonyl (C=O) groups is 2. The number of esters is 2. The van der Waals surface area contributed by atoms with Crippen LogP contribution in [0.3, 0.4) is 0 Å². The van der Waals surface area contributed by atoms with E-state index in [0.29, 0.717) is 6.42 Å². The van der Waals surface area contributed by atoms with Gasteiger partial charge in [0, 0.05) is 25.3 Å². The highest BCUT2D eigenvalue weighted by Crippen LogP contribution is 2.20. The van der Waals surface area contributed by atoms with Gasteiger partial charge in [-0.05, 0) is 38.7 Å². The number of allylic oxidation sites excluding steroid dienone is 4. The molecular formula is C21H31IO4. The normalized spacial score (nSPS) is 16.0. The molecule has 0 aromatic heterocycles. The van der Waals surface area contributed by atoms with Crippen LogP contribution in [0.5, 0.6) is 0 Å². The van der Waals surface area contributed by atoms with E-state index in [9.17, 15) is 9.59 Å². The first kappa shape index (κ1) is 24.6. The molecule has 0 saturated carbocycles. The van der Waals surface area contributed by atoms with Gasteiger partial charge in [-0.1, -0.05) is 65.0 Å². The number of carbonyl (C=O) groups excluding carboxylic acids is 2. The van der Waals surface area contributed by atoms with Crippen LogP contribution >= 0.6 is 22.6 Å². The molecule has 0 N–H and O–H groups in total. The molecule has 0 spiro atoms. The van der Waals surface area contributed by atoms with Crippen molar-refractivity contribution in [2.45, 2.75) is 66.6 Å². The molecule has 0 aliphatic carbocycles. The van der Waals surface area contributed by atoms with Crippen molar-refractivity contribution in [3.63, 3.8) is 0 Å². The predicted molar refractivity (Wildman–Crippen MR) is 115 cm³/mol. The van der Waals surface area contributed by atoms with Crippen LogP contribution in [0.15, 0.2) is 45.6 Å². The van der Waals surface area contributed by atoms with Crippen molar-refractivity contribution >= 4 is 34.5 Å². The third-order valence-corrected chi connectivity index (χ3v) is 3.71. The summed E-state index contributed by atoms with van der Waals surface area (Å²) in [4.78, 5) is 23.2. The quantitative estimate of drug-likeness (QED) is 0.197. The van der Waals surface area contributed by atoms with Crippen molar-refractivity contribution in [1.29, 1.82) is 0 Å². The van der Waals surface area contributed by atoms with E-state index in [4.69, 9.17) is 9.47 Å². The smallest absolute Gasteiger partial charge is 0.331 e. The minimum Gasteiger partial charge on any atom is -0.462 e. The van der Waals surface area contributed by atoms with E-state index in [1.165, 1.54) is 13.0 Å². The monoisotopic (exact) mass is 474 g/mol. The fourth-order valence-electron chi connectivity index (χ4n) is 2.25. The van der Waals surface area contributed by atoms with Gasteiger partial charge in [-0.3, -0.25) is 4.79 Å². The highest BCUT2D eigenvalue weighted by molar-refractivity contribution is 14.1. The number of hydrogen-bond donors (Lipinski definition) is 0. The van der Waals surface area contributed by atoms with Crippen LogP contribution in [0.1, 0.15) is 54.9 Å². The molecule has 0 saturated heterocycles. The summed E-state index contributed by atoms with van der Waals surface area (Å²) < 4.78 is 12.7. The van der Waals surface area contributed by atoms with Gasteiger partial charge in [0.25, 0.3) is 0 Å². The first-order valence-corrected chi connectivity index (χ1v) is 9.88. The Morgan fingerprint density at radius 1 is 1.12 bits per heavy atom. The zero-order chi connectivity index (χ0) is 20.3. The SMILES string of the molecule is CC(=O)O[C@H](C/C(C)=C/C=C/I)[C@H](C)/C=C(C)/C=C/C(=O)OC(C)(C)C. The average Bonchev–Trinajstić information content (AvgIpc) is 2.48. The molecule has 2 atom stereocenters. The minimum atomic E-state index is -0.511. The van der Waals surface area contributed by atoms with Crippen LogP contribution in [0.4, 0.5) is 0 Å². The standard InChI is InChI=1S/C21H31IO4/c1-15(9-8-12-22)14-19(25-18(4)23)17(3)13-16(2)10-11-20(24)26-21(5,6)7/h8-13,17,19H,14H2,1-7H3/b11-10+,12-8+,15-9+,16-13+/t17-,19-/m1/s1. The van der Waals surface area contributed by atoms with Crippen LogP contribution in [0.2, 0.25) is 0 Å². The third-order valence-electron chi connectivity index (χ3n) is 3.30. The zero-order valence-corrected chi connectivity index (χ0v) is 19.0. The molecule has 0 aromatic carbocycles. The number of halogens is 1. The van der Waals surface area contributed by atoms with Gasteiger partial charge in [-0.15, -0.1) is 0 Å². The first-order valence-electron chi connectivity index (χ1n) is 8.64. The van der Waals surface area contributed by atoms with Crippen molar-refractivity contribution < 1.29 is 19.1 Å². The largest absolute Gasteiger partial charge is 0.462 e. The fraction of sp³-hybridized carbons (Fsp3) is 0.524. The second kappa shape index (κ2) is 12.1. The molecule has 4 nitrogen and oxygen atoms in total. The van der Waals surface area contributed by atoms with Gasteiger partial charge in [0.15, 0.2) is 0 Å². The Bertz CT molecular complexity index is 592. The summed E-state index contributed by atoms with van der Waals surface area (Å²) in [5.74, 6) is -0.664. The number of ether oxygens (including phenoxy) is 2. The Hall–Kier alpha value is -1.37. The molecule has 0 amide bonds. The van der Waals surface area contributed by atoms with Gasteiger partial charge < -0.3 is 9.47 Å². The van der Waals surface area contributed by atoms with E-state index in [0.717, 1.165) is 11.1 Å².